The van der Waals surface area contributed by atoms with Crippen LogP contribution in [-0.2, 0) is 9.53 Å². The van der Waals surface area contributed by atoms with Crippen LogP contribution in [0.15, 0.2) is 18.2 Å². The second-order valence-corrected chi connectivity index (χ2v) is 4.43. The fourth-order valence-electron chi connectivity index (χ4n) is 1.66. The van der Waals surface area contributed by atoms with Crippen LogP contribution in [0.1, 0.15) is 24.9 Å². The fourth-order valence-corrected chi connectivity index (χ4v) is 1.66. The second-order valence-electron chi connectivity index (χ2n) is 4.43. The molecule has 3 N–H and O–H groups in total. The Hall–Kier alpha value is -1.53. The lowest BCUT2D eigenvalue weighted by atomic mass is 10.1. The summed E-state index contributed by atoms with van der Waals surface area (Å²) < 4.78 is 31.0. The first kappa shape index (κ1) is 15.5. The molecule has 1 amide bonds. The van der Waals surface area contributed by atoms with Gasteiger partial charge in [-0.05, 0) is 24.6 Å². The van der Waals surface area contributed by atoms with Crippen LogP contribution >= 0.6 is 0 Å². The summed E-state index contributed by atoms with van der Waals surface area (Å²) in [6.07, 6.45) is 0.157. The average molecular weight is 272 g/mol. The maximum atomic E-state index is 13.2. The number of nitrogens with one attached hydrogen (secondary N) is 1. The number of carbonyl (C=O) groups is 1. The predicted molar refractivity (Wildman–Crippen MR) is 67.4 cm³/mol. The molecule has 0 aliphatic carbocycles. The number of carbonyl (C=O) groups excluding carboxylic acids is 1. The summed E-state index contributed by atoms with van der Waals surface area (Å²) in [5.74, 6) is -2.15. The molecule has 106 valence electrons. The van der Waals surface area contributed by atoms with Gasteiger partial charge in [0.15, 0.2) is 11.6 Å². The van der Waals surface area contributed by atoms with Crippen molar-refractivity contribution in [2.75, 3.05) is 13.7 Å². The maximum absolute atomic E-state index is 13.2. The molecule has 2 unspecified atom stereocenters. The van der Waals surface area contributed by atoms with Crippen molar-refractivity contribution < 1.29 is 18.3 Å². The lowest BCUT2D eigenvalue weighted by molar-refractivity contribution is -0.122. The van der Waals surface area contributed by atoms with Gasteiger partial charge < -0.3 is 15.8 Å². The Balaban J connectivity index is 2.81. The molecular formula is C13H18F2N2O2. The second kappa shape index (κ2) is 7.16. The predicted octanol–water partition coefficient (Wildman–Crippen LogP) is 1.51. The summed E-state index contributed by atoms with van der Waals surface area (Å²) in [5, 5.41) is 2.68. The first-order chi connectivity index (χ1) is 8.93. The third-order valence-electron chi connectivity index (χ3n) is 2.52. The molecule has 0 saturated carbocycles. The molecule has 0 aliphatic rings. The number of amides is 1. The van der Waals surface area contributed by atoms with Crippen LogP contribution in [0.3, 0.4) is 0 Å². The Morgan fingerprint density at radius 2 is 2.11 bits per heavy atom. The zero-order chi connectivity index (χ0) is 14.4. The van der Waals surface area contributed by atoms with Crippen LogP contribution < -0.4 is 11.1 Å². The van der Waals surface area contributed by atoms with Gasteiger partial charge in [-0.15, -0.1) is 0 Å². The van der Waals surface area contributed by atoms with E-state index in [9.17, 15) is 13.6 Å². The Kier molecular flexibility index (Phi) is 5.85. The van der Waals surface area contributed by atoms with Crippen molar-refractivity contribution in [3.8, 4) is 0 Å². The van der Waals surface area contributed by atoms with Crippen LogP contribution in [0.4, 0.5) is 8.78 Å². The first-order valence-corrected chi connectivity index (χ1v) is 5.93. The van der Waals surface area contributed by atoms with Gasteiger partial charge in [0.1, 0.15) is 0 Å². The topological polar surface area (TPSA) is 64.3 Å². The highest BCUT2D eigenvalue weighted by molar-refractivity contribution is 5.77. The number of nitrogens with two attached hydrogens (primary N) is 1. The Labute approximate surface area is 110 Å². The van der Waals surface area contributed by atoms with Crippen molar-refractivity contribution in [2.24, 2.45) is 5.73 Å². The highest BCUT2D eigenvalue weighted by Gasteiger charge is 2.17. The van der Waals surface area contributed by atoms with Crippen molar-refractivity contribution in [3.63, 3.8) is 0 Å². The maximum Gasteiger partial charge on any atom is 0.222 e. The van der Waals surface area contributed by atoms with E-state index in [1.54, 1.807) is 6.92 Å². The van der Waals surface area contributed by atoms with Crippen LogP contribution in [0.5, 0.6) is 0 Å². The number of hydrogen-bond acceptors (Lipinski definition) is 3. The highest BCUT2D eigenvalue weighted by Crippen LogP contribution is 2.17. The minimum Gasteiger partial charge on any atom is -0.382 e. The van der Waals surface area contributed by atoms with E-state index < -0.39 is 17.7 Å². The SMILES string of the molecule is COCC(NC(=O)CC(C)N)c1ccc(F)c(F)c1. The molecule has 1 rings (SSSR count). The van der Waals surface area contributed by atoms with E-state index in [1.165, 1.54) is 13.2 Å². The monoisotopic (exact) mass is 272 g/mol. The van der Waals surface area contributed by atoms with Crippen molar-refractivity contribution >= 4 is 5.91 Å². The summed E-state index contributed by atoms with van der Waals surface area (Å²) in [4.78, 5) is 11.6. The lowest BCUT2D eigenvalue weighted by Crippen LogP contribution is -2.34. The van der Waals surface area contributed by atoms with Gasteiger partial charge in [0, 0.05) is 19.6 Å². The van der Waals surface area contributed by atoms with E-state index in [-0.39, 0.29) is 25.0 Å². The molecular weight excluding hydrogens is 254 g/mol. The van der Waals surface area contributed by atoms with Crippen molar-refractivity contribution in [1.29, 1.82) is 0 Å². The first-order valence-electron chi connectivity index (χ1n) is 5.93. The molecule has 0 aromatic heterocycles. The Morgan fingerprint density at radius 3 is 2.63 bits per heavy atom. The molecule has 0 aliphatic heterocycles. The number of hydrogen-bond donors (Lipinski definition) is 2. The van der Waals surface area contributed by atoms with E-state index in [0.717, 1.165) is 12.1 Å². The molecule has 19 heavy (non-hydrogen) atoms. The van der Waals surface area contributed by atoms with E-state index >= 15 is 0 Å². The Bertz CT molecular complexity index is 439. The molecule has 1 aromatic carbocycles. The average Bonchev–Trinajstić information content (AvgIpc) is 2.31. The largest absolute Gasteiger partial charge is 0.382 e. The zero-order valence-electron chi connectivity index (χ0n) is 11.0. The summed E-state index contributed by atoms with van der Waals surface area (Å²) >= 11 is 0. The molecule has 0 spiro atoms. The molecule has 1 aromatic rings. The van der Waals surface area contributed by atoms with E-state index in [4.69, 9.17) is 10.5 Å². The summed E-state index contributed by atoms with van der Waals surface area (Å²) in [6.45, 7) is 1.87. The molecule has 6 heteroatoms. The van der Waals surface area contributed by atoms with Crippen LogP contribution in [-0.4, -0.2) is 25.7 Å². The van der Waals surface area contributed by atoms with E-state index in [0.29, 0.717) is 5.56 Å². The van der Waals surface area contributed by atoms with Gasteiger partial charge in [-0.3, -0.25) is 4.79 Å². The van der Waals surface area contributed by atoms with Crippen LogP contribution in [0, 0.1) is 11.6 Å². The summed E-state index contributed by atoms with van der Waals surface area (Å²) in [5.41, 5.74) is 5.97. The number of halogens is 2. The minimum atomic E-state index is -0.958. The van der Waals surface area contributed by atoms with Gasteiger partial charge in [0.2, 0.25) is 5.91 Å². The normalized spacial score (nSPS) is 13.9. The number of ether oxygens (including phenoxy) is 1. The number of benzene rings is 1. The molecule has 0 bridgehead atoms. The lowest BCUT2D eigenvalue weighted by Gasteiger charge is -2.19. The number of rotatable bonds is 6. The quantitative estimate of drug-likeness (QED) is 0.825. The van der Waals surface area contributed by atoms with Gasteiger partial charge in [-0.25, -0.2) is 8.78 Å². The number of methoxy groups -OCH3 is 1. The Morgan fingerprint density at radius 1 is 1.42 bits per heavy atom. The van der Waals surface area contributed by atoms with Gasteiger partial charge in [0.05, 0.1) is 12.6 Å². The van der Waals surface area contributed by atoms with Gasteiger partial charge >= 0.3 is 0 Å². The van der Waals surface area contributed by atoms with E-state index in [1.807, 2.05) is 0 Å². The van der Waals surface area contributed by atoms with Crippen molar-refractivity contribution in [3.05, 3.63) is 35.4 Å². The van der Waals surface area contributed by atoms with Gasteiger partial charge in [-0.2, -0.15) is 0 Å². The molecule has 0 saturated heterocycles. The zero-order valence-corrected chi connectivity index (χ0v) is 11.0. The van der Waals surface area contributed by atoms with Crippen molar-refractivity contribution in [2.45, 2.75) is 25.4 Å². The minimum absolute atomic E-state index is 0.157. The standard InChI is InChI=1S/C13H18F2N2O2/c1-8(16)5-13(18)17-12(7-19-2)9-3-4-10(14)11(15)6-9/h3-4,6,8,12H,5,7,16H2,1-2H3,(H,17,18). The molecule has 0 radical (unpaired) electrons. The van der Waals surface area contributed by atoms with Crippen LogP contribution in [0.2, 0.25) is 0 Å². The highest BCUT2D eigenvalue weighted by atomic mass is 19.2. The smallest absolute Gasteiger partial charge is 0.222 e. The van der Waals surface area contributed by atoms with E-state index in [2.05, 4.69) is 5.32 Å². The molecule has 4 nitrogen and oxygen atoms in total. The van der Waals surface area contributed by atoms with Gasteiger partial charge in [0.25, 0.3) is 0 Å². The van der Waals surface area contributed by atoms with Gasteiger partial charge in [-0.1, -0.05) is 6.07 Å². The summed E-state index contributed by atoms with van der Waals surface area (Å²) in [6, 6.07) is 2.67. The third kappa shape index (κ3) is 4.92. The molecule has 0 heterocycles. The van der Waals surface area contributed by atoms with Crippen LogP contribution in [0.25, 0.3) is 0 Å². The fraction of sp³-hybridized carbons (Fsp3) is 0.462. The summed E-state index contributed by atoms with van der Waals surface area (Å²) in [7, 11) is 1.46. The molecule has 0 fully saturated rings. The third-order valence-corrected chi connectivity index (χ3v) is 2.52. The van der Waals surface area contributed by atoms with Crippen molar-refractivity contribution in [1.82, 2.24) is 5.32 Å². The molecule has 2 atom stereocenters.